The van der Waals surface area contributed by atoms with Crippen molar-refractivity contribution in [2.45, 2.75) is 57.2 Å². The summed E-state index contributed by atoms with van der Waals surface area (Å²) in [6.07, 6.45) is 6.79. The summed E-state index contributed by atoms with van der Waals surface area (Å²) in [6.45, 7) is 4.38. The number of rotatable bonds is 7. The molecule has 1 unspecified atom stereocenters. The Morgan fingerprint density at radius 2 is 1.78 bits per heavy atom. The number of aromatic hydroxyl groups is 1. The fourth-order valence-electron chi connectivity index (χ4n) is 7.70. The van der Waals surface area contributed by atoms with Crippen molar-refractivity contribution >= 4 is 34.3 Å². The molecule has 4 aromatic rings. The average Bonchev–Trinajstić information content (AvgIpc) is 3.40. The van der Waals surface area contributed by atoms with Crippen molar-refractivity contribution in [1.82, 2.24) is 25.1 Å². The van der Waals surface area contributed by atoms with Gasteiger partial charge >= 0.3 is 0 Å². The van der Waals surface area contributed by atoms with Crippen molar-refractivity contribution in [3.8, 4) is 22.6 Å². The molecule has 12 heteroatoms. The molecule has 2 aromatic carbocycles. The van der Waals surface area contributed by atoms with E-state index in [9.17, 15) is 24.3 Å². The van der Waals surface area contributed by atoms with Crippen LogP contribution in [0.15, 0.2) is 53.6 Å². The molecule has 3 amide bonds. The molecule has 0 saturated carbocycles. The summed E-state index contributed by atoms with van der Waals surface area (Å²) >= 11 is 0. The first kappa shape index (κ1) is 31.1. The van der Waals surface area contributed by atoms with Crippen LogP contribution in [0, 0.1) is 0 Å². The highest BCUT2D eigenvalue weighted by atomic mass is 16.5. The number of hydrogen-bond donors (Lipinski definition) is 3. The number of likely N-dealkylation sites (tertiary alicyclic amines) is 1. The molecule has 0 spiro atoms. The van der Waals surface area contributed by atoms with E-state index in [1.807, 2.05) is 24.3 Å². The maximum absolute atomic E-state index is 13.4. The first-order valence-electron chi connectivity index (χ1n) is 16.9. The van der Waals surface area contributed by atoms with E-state index in [2.05, 4.69) is 31.2 Å². The number of carbonyl (C=O) groups is 3. The number of fused-ring (bicyclic) bond motifs is 2. The van der Waals surface area contributed by atoms with Crippen molar-refractivity contribution in [2.24, 2.45) is 0 Å². The molecule has 0 bridgehead atoms. The standard InChI is InChI=1S/C37H38N6O6/c1-49-32-15-24(27-17-39-35(46)28-18-38-33(16-26(27)28)42-9-2-10-42)14-31(44)29(32)20-41-11-7-21(8-12-41)22-3-4-23-19-43(37(48)25(23)13-22)30-5-6-34(45)40-36(30)47/h3-4,13-18,21,30,44H,2,5-12,19-20H2,1H3,(H,39,46)(H,40,45,47). The van der Waals surface area contributed by atoms with Gasteiger partial charge in [0.25, 0.3) is 11.5 Å². The van der Waals surface area contributed by atoms with Gasteiger partial charge in [-0.2, -0.15) is 0 Å². The molecule has 4 aliphatic heterocycles. The number of pyridine rings is 2. The number of phenols is 1. The first-order chi connectivity index (χ1) is 23.8. The third-order valence-corrected chi connectivity index (χ3v) is 10.7. The van der Waals surface area contributed by atoms with Gasteiger partial charge < -0.3 is 24.6 Å². The minimum atomic E-state index is -0.622. The van der Waals surface area contributed by atoms with Gasteiger partial charge in [-0.15, -0.1) is 0 Å². The predicted molar refractivity (Wildman–Crippen MR) is 183 cm³/mol. The third-order valence-electron chi connectivity index (χ3n) is 10.7. The molecule has 1 atom stereocenters. The van der Waals surface area contributed by atoms with Crippen LogP contribution in [0.1, 0.15) is 65.1 Å². The zero-order chi connectivity index (χ0) is 33.8. The molecule has 252 valence electrons. The number of nitrogens with one attached hydrogen (secondary N) is 2. The van der Waals surface area contributed by atoms with Gasteiger partial charge in [-0.3, -0.25) is 29.4 Å². The summed E-state index contributed by atoms with van der Waals surface area (Å²) in [5, 5.41) is 14.9. The van der Waals surface area contributed by atoms with E-state index in [4.69, 9.17) is 4.74 Å². The Morgan fingerprint density at radius 3 is 2.51 bits per heavy atom. The maximum atomic E-state index is 13.4. The summed E-state index contributed by atoms with van der Waals surface area (Å²) in [4.78, 5) is 63.4. The van der Waals surface area contributed by atoms with Crippen LogP contribution in [0.25, 0.3) is 21.9 Å². The summed E-state index contributed by atoms with van der Waals surface area (Å²) in [5.74, 6) is 0.970. The number of piperidine rings is 2. The molecule has 0 radical (unpaired) electrons. The van der Waals surface area contributed by atoms with E-state index >= 15 is 0 Å². The van der Waals surface area contributed by atoms with Gasteiger partial charge in [0.05, 0.1) is 12.5 Å². The molecule has 4 aliphatic rings. The second kappa shape index (κ2) is 12.3. The van der Waals surface area contributed by atoms with Crippen LogP contribution in [0.2, 0.25) is 0 Å². The van der Waals surface area contributed by atoms with Crippen LogP contribution >= 0.6 is 0 Å². The fraction of sp³-hybridized carbons (Fsp3) is 0.378. The number of carbonyl (C=O) groups excluding carboxylic acids is 3. The van der Waals surface area contributed by atoms with Gasteiger partial charge in [0.15, 0.2) is 0 Å². The van der Waals surface area contributed by atoms with Crippen LogP contribution in [0.3, 0.4) is 0 Å². The number of benzene rings is 2. The second-order valence-electron chi connectivity index (χ2n) is 13.5. The van der Waals surface area contributed by atoms with Crippen molar-refractivity contribution in [2.75, 3.05) is 38.2 Å². The Hall–Kier alpha value is -5.23. The third kappa shape index (κ3) is 5.59. The number of methoxy groups -OCH3 is 1. The van der Waals surface area contributed by atoms with Gasteiger partial charge in [-0.05, 0) is 85.6 Å². The smallest absolute Gasteiger partial charge is 0.257 e. The van der Waals surface area contributed by atoms with E-state index in [0.29, 0.717) is 41.8 Å². The lowest BCUT2D eigenvalue weighted by Gasteiger charge is -2.33. The summed E-state index contributed by atoms with van der Waals surface area (Å²) in [5.41, 5.74) is 4.68. The van der Waals surface area contributed by atoms with E-state index < -0.39 is 11.9 Å². The van der Waals surface area contributed by atoms with Gasteiger partial charge in [0, 0.05) is 67.1 Å². The van der Waals surface area contributed by atoms with Crippen molar-refractivity contribution < 1.29 is 24.2 Å². The van der Waals surface area contributed by atoms with Crippen LogP contribution in [0.5, 0.6) is 11.5 Å². The van der Waals surface area contributed by atoms with Gasteiger partial charge in [-0.25, -0.2) is 4.98 Å². The SMILES string of the molecule is COc1cc(-c2c[nH]c(=O)c3cnc(N4CCC4)cc23)cc(O)c1CN1CCC(c2ccc3c(c2)C(=O)N(C2CCC(=O)NC2=O)C3)CC1. The number of aromatic amines is 1. The predicted octanol–water partition coefficient (Wildman–Crippen LogP) is 3.66. The Kier molecular flexibility index (Phi) is 7.82. The Bertz CT molecular complexity index is 2060. The minimum absolute atomic E-state index is 0.130. The number of imide groups is 1. The molecule has 2 aromatic heterocycles. The minimum Gasteiger partial charge on any atom is -0.507 e. The number of ether oxygens (including phenoxy) is 1. The molecule has 49 heavy (non-hydrogen) atoms. The van der Waals surface area contributed by atoms with Crippen molar-refractivity contribution in [3.63, 3.8) is 0 Å². The molecule has 3 N–H and O–H groups in total. The fourth-order valence-corrected chi connectivity index (χ4v) is 7.70. The van der Waals surface area contributed by atoms with E-state index in [0.717, 1.165) is 78.9 Å². The number of phenolic OH excluding ortho intramolecular Hbond substituents is 1. The van der Waals surface area contributed by atoms with E-state index in [-0.39, 0.29) is 35.5 Å². The summed E-state index contributed by atoms with van der Waals surface area (Å²) in [7, 11) is 1.60. The van der Waals surface area contributed by atoms with Gasteiger partial charge in [0.1, 0.15) is 23.4 Å². The van der Waals surface area contributed by atoms with Gasteiger partial charge in [-0.1, -0.05) is 12.1 Å². The Labute approximate surface area is 282 Å². The molecular weight excluding hydrogens is 624 g/mol. The molecule has 8 rings (SSSR count). The highest BCUT2D eigenvalue weighted by molar-refractivity contribution is 6.05. The molecule has 12 nitrogen and oxygen atoms in total. The molecule has 3 fully saturated rings. The quantitative estimate of drug-likeness (QED) is 0.252. The molecule has 3 saturated heterocycles. The monoisotopic (exact) mass is 662 g/mol. The Balaban J connectivity index is 0.966. The van der Waals surface area contributed by atoms with Crippen LogP contribution in [-0.2, 0) is 22.7 Å². The maximum Gasteiger partial charge on any atom is 0.257 e. The number of nitrogens with zero attached hydrogens (tertiary/aromatic N) is 4. The lowest BCUT2D eigenvalue weighted by molar-refractivity contribution is -0.136. The number of amides is 3. The van der Waals surface area contributed by atoms with Gasteiger partial charge in [0.2, 0.25) is 11.8 Å². The second-order valence-corrected chi connectivity index (χ2v) is 13.5. The zero-order valence-corrected chi connectivity index (χ0v) is 27.3. The van der Waals surface area contributed by atoms with Crippen molar-refractivity contribution in [3.05, 3.63) is 81.4 Å². The lowest BCUT2D eigenvalue weighted by Crippen LogP contribution is -2.52. The topological polar surface area (TPSA) is 148 Å². The summed E-state index contributed by atoms with van der Waals surface area (Å²) < 4.78 is 5.80. The van der Waals surface area contributed by atoms with E-state index in [1.165, 1.54) is 0 Å². The number of hydrogen-bond acceptors (Lipinski definition) is 9. The molecule has 6 heterocycles. The number of aromatic nitrogens is 2. The first-order valence-corrected chi connectivity index (χ1v) is 16.9. The highest BCUT2D eigenvalue weighted by Gasteiger charge is 2.39. The number of H-pyrrole nitrogens is 1. The zero-order valence-electron chi connectivity index (χ0n) is 27.3. The highest BCUT2D eigenvalue weighted by Crippen LogP contribution is 2.39. The normalized spacial score (nSPS) is 20.0. The number of anilines is 1. The lowest BCUT2D eigenvalue weighted by atomic mass is 9.87. The molecule has 0 aliphatic carbocycles. The van der Waals surface area contributed by atoms with Crippen molar-refractivity contribution in [1.29, 1.82) is 0 Å². The largest absolute Gasteiger partial charge is 0.507 e. The Morgan fingerprint density at radius 1 is 0.959 bits per heavy atom. The van der Waals surface area contributed by atoms with E-state index in [1.54, 1.807) is 30.5 Å². The summed E-state index contributed by atoms with van der Waals surface area (Å²) in [6, 6.07) is 11.1. The van der Waals surface area contributed by atoms with Crippen LogP contribution in [0.4, 0.5) is 5.82 Å². The van der Waals surface area contributed by atoms with Crippen LogP contribution in [-0.4, -0.2) is 81.9 Å². The average molecular weight is 663 g/mol. The van der Waals surface area contributed by atoms with Crippen LogP contribution < -0.4 is 20.5 Å². The molecular formula is C37H38N6O6.